The van der Waals surface area contributed by atoms with Gasteiger partial charge in [0.05, 0.1) is 12.3 Å². The fraction of sp³-hybridized carbons (Fsp3) is 1.00. The first-order chi connectivity index (χ1) is 4.16. The molecule has 0 aliphatic heterocycles. The number of aliphatic hydroxyl groups excluding tert-OH is 1. The highest BCUT2D eigenvalue weighted by Gasteiger charge is 2.01. The quantitative estimate of drug-likeness (QED) is 0.548. The summed E-state index contributed by atoms with van der Waals surface area (Å²) in [6.07, 6.45) is -0.402. The maximum Gasteiger partial charge on any atom is 0.315 e. The molecule has 0 aliphatic carbocycles. The molecule has 0 radical (unpaired) electrons. The second-order valence-corrected chi connectivity index (χ2v) is 2.85. The van der Waals surface area contributed by atoms with E-state index < -0.39 is 13.8 Å². The Morgan fingerprint density at radius 3 is 2.44 bits per heavy atom. The summed E-state index contributed by atoms with van der Waals surface area (Å²) in [5, 5.41) is 8.71. The third-order valence-corrected chi connectivity index (χ3v) is 1.54. The van der Waals surface area contributed by atoms with Crippen molar-refractivity contribution in [3.8, 4) is 0 Å². The molecule has 3 N–H and O–H groups in total. The molecule has 0 bridgehead atoms. The van der Waals surface area contributed by atoms with E-state index in [4.69, 9.17) is 10.8 Å². The molecule has 0 saturated heterocycles. The van der Waals surface area contributed by atoms with Crippen LogP contribution in [0.3, 0.4) is 0 Å². The van der Waals surface area contributed by atoms with Gasteiger partial charge >= 0.3 is 7.68 Å². The molecule has 0 heterocycles. The molecule has 0 aromatic rings. The molecule has 9 heavy (non-hydrogen) atoms. The summed E-state index contributed by atoms with van der Waals surface area (Å²) in [5.41, 5.74) is 5.01. The van der Waals surface area contributed by atoms with Crippen LogP contribution in [-0.2, 0) is 9.13 Å². The Balaban J connectivity index is 3.27. The molecule has 0 spiro atoms. The Morgan fingerprint density at radius 1 is 1.56 bits per heavy atom. The average Bonchev–Trinajstić information content (AvgIpc) is 1.83. The molecule has 1 atom stereocenters. The van der Waals surface area contributed by atoms with Gasteiger partial charge in [0.15, 0.2) is 0 Å². The minimum atomic E-state index is -2.35. The van der Waals surface area contributed by atoms with Crippen molar-refractivity contribution < 1.29 is 14.2 Å². The van der Waals surface area contributed by atoms with Crippen molar-refractivity contribution in [2.45, 2.75) is 12.5 Å². The Morgan fingerprint density at radius 2 is 2.11 bits per heavy atom. The molecular weight excluding hydrogens is 141 g/mol. The van der Waals surface area contributed by atoms with E-state index in [2.05, 4.69) is 0 Å². The van der Waals surface area contributed by atoms with Gasteiger partial charge in [-0.1, -0.05) is 0 Å². The maximum absolute atomic E-state index is 9.90. The van der Waals surface area contributed by atoms with E-state index in [-0.39, 0.29) is 19.1 Å². The van der Waals surface area contributed by atoms with Gasteiger partial charge in [-0.3, -0.25) is 0 Å². The van der Waals surface area contributed by atoms with Gasteiger partial charge in [-0.15, -0.1) is 0 Å². The number of nitrogens with two attached hydrogens (primary N) is 1. The van der Waals surface area contributed by atoms with E-state index in [1.54, 1.807) is 0 Å². The monoisotopic (exact) mass is 151 g/mol. The van der Waals surface area contributed by atoms with Gasteiger partial charge in [-0.2, -0.15) is 0 Å². The van der Waals surface area contributed by atoms with Crippen LogP contribution in [0.5, 0.6) is 0 Å². The summed E-state index contributed by atoms with van der Waals surface area (Å²) < 4.78 is 19.8. The lowest BCUT2D eigenvalue weighted by molar-refractivity contribution is 0.179. The van der Waals surface area contributed by atoms with Crippen molar-refractivity contribution >= 4 is 7.68 Å². The van der Waals surface area contributed by atoms with E-state index in [0.29, 0.717) is 0 Å². The highest BCUT2D eigenvalue weighted by molar-refractivity contribution is 7.30. The number of aliphatic hydroxyl groups is 1. The maximum atomic E-state index is 9.90. The van der Waals surface area contributed by atoms with Gasteiger partial charge < -0.3 is 10.8 Å². The normalized spacial score (nSPS) is 13.1. The van der Waals surface area contributed by atoms with Crippen molar-refractivity contribution in [2.75, 3.05) is 12.7 Å². The van der Waals surface area contributed by atoms with Gasteiger partial charge in [0.2, 0.25) is 0 Å². The summed E-state index contributed by atoms with van der Waals surface area (Å²) in [4.78, 5) is 0. The lowest BCUT2D eigenvalue weighted by Gasteiger charge is -2.01. The molecule has 0 saturated carbocycles. The first kappa shape index (κ1) is 8.82. The molecule has 0 rings (SSSR count). The van der Waals surface area contributed by atoms with Crippen LogP contribution in [0.2, 0.25) is 0 Å². The minimum absolute atomic E-state index is 0.0215. The Hall–Kier alpha value is -0.180. The highest BCUT2D eigenvalue weighted by atomic mass is 31.1. The third-order valence-electron chi connectivity index (χ3n) is 0.917. The van der Waals surface area contributed by atoms with Crippen LogP contribution in [0, 0.1) is 0 Å². The lowest BCUT2D eigenvalue weighted by Crippen LogP contribution is -2.19. The van der Waals surface area contributed by atoms with E-state index in [0.717, 1.165) is 0 Å². The van der Waals surface area contributed by atoms with Crippen LogP contribution in [-0.4, -0.2) is 23.9 Å². The average molecular weight is 151 g/mol. The molecule has 54 valence electrons. The van der Waals surface area contributed by atoms with Crippen LogP contribution in [0.1, 0.15) is 6.42 Å². The zero-order valence-corrected chi connectivity index (χ0v) is 5.88. The Kier molecular flexibility index (Phi) is 4.58. The van der Waals surface area contributed by atoms with Crippen molar-refractivity contribution in [1.82, 2.24) is 0 Å². The van der Waals surface area contributed by atoms with Gasteiger partial charge in [0, 0.05) is 6.54 Å². The summed E-state index contributed by atoms with van der Waals surface area (Å²) >= 11 is 0. The SMILES string of the molecule is NCC(O)CCP(=O)=O. The number of hydrogen-bond acceptors (Lipinski definition) is 4. The van der Waals surface area contributed by atoms with E-state index in [1.807, 2.05) is 0 Å². The van der Waals surface area contributed by atoms with Crippen molar-refractivity contribution in [1.29, 1.82) is 0 Å². The predicted molar refractivity (Wildman–Crippen MR) is 32.8 cm³/mol. The molecule has 1 unspecified atom stereocenters. The highest BCUT2D eigenvalue weighted by Crippen LogP contribution is 2.05. The summed E-state index contributed by atoms with van der Waals surface area (Å²) in [5.74, 6) is 0. The van der Waals surface area contributed by atoms with Crippen LogP contribution in [0.15, 0.2) is 0 Å². The first-order valence-corrected chi connectivity index (χ1v) is 4.03. The van der Waals surface area contributed by atoms with Gasteiger partial charge in [-0.05, 0) is 6.42 Å². The smallest absolute Gasteiger partial charge is 0.315 e. The predicted octanol–water partition coefficient (Wildman–Crippen LogP) is -0.131. The fourth-order valence-electron chi connectivity index (χ4n) is 0.372. The summed E-state index contributed by atoms with van der Waals surface area (Å²) in [7, 11) is -2.35. The molecule has 0 aromatic carbocycles. The summed E-state index contributed by atoms with van der Waals surface area (Å²) in [6, 6.07) is 0. The zero-order chi connectivity index (χ0) is 7.28. The number of rotatable bonds is 4. The van der Waals surface area contributed by atoms with Gasteiger partial charge in [0.1, 0.15) is 0 Å². The Bertz CT molecular complexity index is 126. The lowest BCUT2D eigenvalue weighted by atomic mass is 10.3. The van der Waals surface area contributed by atoms with E-state index in [1.165, 1.54) is 0 Å². The van der Waals surface area contributed by atoms with E-state index in [9.17, 15) is 9.13 Å². The summed E-state index contributed by atoms with van der Waals surface area (Å²) in [6.45, 7) is 0.128. The topological polar surface area (TPSA) is 80.4 Å². The van der Waals surface area contributed by atoms with Crippen molar-refractivity contribution in [2.24, 2.45) is 5.73 Å². The fourth-order valence-corrected chi connectivity index (χ4v) is 0.881. The zero-order valence-electron chi connectivity index (χ0n) is 4.99. The first-order valence-electron chi connectivity index (χ1n) is 2.66. The molecular formula is C4H10NO3P. The van der Waals surface area contributed by atoms with Crippen LogP contribution in [0.4, 0.5) is 0 Å². The second kappa shape index (κ2) is 4.68. The molecule has 0 fully saturated rings. The number of hydrogen-bond donors (Lipinski definition) is 2. The van der Waals surface area contributed by atoms with Crippen molar-refractivity contribution in [3.05, 3.63) is 0 Å². The molecule has 0 aromatic heterocycles. The van der Waals surface area contributed by atoms with Crippen LogP contribution >= 0.6 is 7.68 Å². The molecule has 5 heteroatoms. The Labute approximate surface area is 53.9 Å². The molecule has 0 aliphatic rings. The third kappa shape index (κ3) is 5.69. The molecule has 4 nitrogen and oxygen atoms in total. The standard InChI is InChI=1S/C4H10NO3P/c5-3-4(6)1-2-9(7)8/h4,6H,1-3,5H2. The molecule has 0 amide bonds. The van der Waals surface area contributed by atoms with Crippen LogP contribution in [0.25, 0.3) is 0 Å². The van der Waals surface area contributed by atoms with E-state index >= 15 is 0 Å². The largest absolute Gasteiger partial charge is 0.392 e. The van der Waals surface area contributed by atoms with Crippen molar-refractivity contribution in [3.63, 3.8) is 0 Å². The van der Waals surface area contributed by atoms with Crippen LogP contribution < -0.4 is 5.73 Å². The van der Waals surface area contributed by atoms with Gasteiger partial charge in [0.25, 0.3) is 0 Å². The van der Waals surface area contributed by atoms with Gasteiger partial charge in [-0.25, -0.2) is 9.13 Å². The minimum Gasteiger partial charge on any atom is -0.392 e. The second-order valence-electron chi connectivity index (χ2n) is 1.73.